The van der Waals surface area contributed by atoms with E-state index in [2.05, 4.69) is 241 Å². The monoisotopic (exact) mass is 837 g/mol. The van der Waals surface area contributed by atoms with Crippen molar-refractivity contribution in [2.24, 2.45) is 0 Å². The van der Waals surface area contributed by atoms with Crippen LogP contribution in [0.3, 0.4) is 0 Å². The molecule has 0 aliphatic carbocycles. The van der Waals surface area contributed by atoms with Gasteiger partial charge in [-0.05, 0) is 104 Å². The van der Waals surface area contributed by atoms with Crippen LogP contribution >= 0.6 is 22.7 Å². The summed E-state index contributed by atoms with van der Waals surface area (Å²) in [6, 6.07) is 86.6. The summed E-state index contributed by atoms with van der Waals surface area (Å²) in [7, 11) is 0. The maximum atomic E-state index is 2.43. The fourth-order valence-electron chi connectivity index (χ4n) is 9.34. The maximum absolute atomic E-state index is 2.43. The number of hydrogen-bond acceptors (Lipinski definition) is 3. The normalized spacial score (nSPS) is 11.5. The molecule has 12 aromatic rings. The van der Waals surface area contributed by atoms with Crippen molar-refractivity contribution in [3.8, 4) is 55.6 Å². The fourth-order valence-corrected chi connectivity index (χ4v) is 11.8. The summed E-state index contributed by atoms with van der Waals surface area (Å²) < 4.78 is 5.28. The zero-order valence-electron chi connectivity index (χ0n) is 34.3. The van der Waals surface area contributed by atoms with E-state index in [1.807, 2.05) is 22.7 Å². The van der Waals surface area contributed by atoms with Crippen LogP contribution in [-0.4, -0.2) is 0 Å². The minimum Gasteiger partial charge on any atom is -0.310 e. The van der Waals surface area contributed by atoms with Crippen LogP contribution in [0.15, 0.2) is 237 Å². The Balaban J connectivity index is 1.06. The molecule has 0 saturated heterocycles. The topological polar surface area (TPSA) is 3.24 Å². The molecule has 0 aliphatic rings. The van der Waals surface area contributed by atoms with Crippen molar-refractivity contribution in [1.82, 2.24) is 0 Å². The van der Waals surface area contributed by atoms with Gasteiger partial charge in [-0.15, -0.1) is 22.7 Å². The Hall–Kier alpha value is -7.56. The number of benzene rings is 10. The average Bonchev–Trinajstić information content (AvgIpc) is 3.94. The van der Waals surface area contributed by atoms with Crippen LogP contribution in [0.5, 0.6) is 0 Å². The SMILES string of the molecule is c1ccc(-c2cc(N(c3ccc(-c4cccc5c4sc4ccccc45)cc3)c3ccc(-c4cccc5c4sc4ccccc45)cc3)cc(-c3ccccc3)c2-c2ccccc2)cc1. The lowest BCUT2D eigenvalue weighted by Gasteiger charge is -2.29. The number of nitrogens with zero attached hydrogens (tertiary/aromatic N) is 1. The highest BCUT2D eigenvalue weighted by Crippen LogP contribution is 2.48. The molecule has 0 atom stereocenters. The molecule has 1 nitrogen and oxygen atoms in total. The van der Waals surface area contributed by atoms with Gasteiger partial charge in [0.25, 0.3) is 0 Å². The first kappa shape index (κ1) is 37.2. The van der Waals surface area contributed by atoms with Gasteiger partial charge in [0.15, 0.2) is 0 Å². The second-order valence-corrected chi connectivity index (χ2v) is 18.1. The standard InChI is InChI=1S/C60H39NS2/c1-4-16-40(17-5-1)54-38-47(39-55(41-18-6-2-7-19-41)58(54)44-20-8-3-9-21-44)61(45-34-30-42(31-35-45)48-24-14-26-52-50-22-10-12-28-56(50)62-59(48)52)46-36-32-43(33-37-46)49-25-15-27-53-51-23-11-13-29-57(51)63-60(49)53/h1-39H. The van der Waals surface area contributed by atoms with E-state index in [1.54, 1.807) is 0 Å². The lowest BCUT2D eigenvalue weighted by atomic mass is 9.86. The number of hydrogen-bond donors (Lipinski definition) is 0. The minimum absolute atomic E-state index is 1.09. The van der Waals surface area contributed by atoms with Crippen LogP contribution in [0, 0.1) is 0 Å². The summed E-state index contributed by atoms with van der Waals surface area (Å²) in [5, 5.41) is 5.25. The van der Waals surface area contributed by atoms with Crippen molar-refractivity contribution in [2.45, 2.75) is 0 Å². The zero-order chi connectivity index (χ0) is 41.7. The first-order valence-electron chi connectivity index (χ1n) is 21.4. The van der Waals surface area contributed by atoms with Crippen LogP contribution in [-0.2, 0) is 0 Å². The Kier molecular flexibility index (Phi) is 9.29. The molecule has 2 heterocycles. The van der Waals surface area contributed by atoms with Gasteiger partial charge in [0.1, 0.15) is 0 Å². The van der Waals surface area contributed by atoms with E-state index in [0.29, 0.717) is 0 Å². The number of rotatable bonds is 8. The van der Waals surface area contributed by atoms with Gasteiger partial charge in [-0.3, -0.25) is 0 Å². The lowest BCUT2D eigenvalue weighted by Crippen LogP contribution is -2.11. The van der Waals surface area contributed by atoms with E-state index in [0.717, 1.165) is 17.1 Å². The summed E-state index contributed by atoms with van der Waals surface area (Å²) in [5.41, 5.74) is 15.3. The molecule has 0 saturated carbocycles. The summed E-state index contributed by atoms with van der Waals surface area (Å²) in [6.45, 7) is 0. The molecule has 2 aromatic heterocycles. The largest absolute Gasteiger partial charge is 0.310 e. The van der Waals surface area contributed by atoms with Crippen LogP contribution in [0.1, 0.15) is 0 Å². The van der Waals surface area contributed by atoms with Crippen molar-refractivity contribution < 1.29 is 0 Å². The molecular weight excluding hydrogens is 799 g/mol. The third-order valence-corrected chi connectivity index (χ3v) is 14.7. The molecule has 12 rings (SSSR count). The van der Waals surface area contributed by atoms with E-state index in [4.69, 9.17) is 0 Å². The maximum Gasteiger partial charge on any atom is 0.0474 e. The summed E-state index contributed by atoms with van der Waals surface area (Å²) >= 11 is 3.75. The third kappa shape index (κ3) is 6.61. The van der Waals surface area contributed by atoms with E-state index >= 15 is 0 Å². The van der Waals surface area contributed by atoms with Crippen LogP contribution < -0.4 is 4.90 Å². The Labute approximate surface area is 375 Å². The van der Waals surface area contributed by atoms with Gasteiger partial charge in [0, 0.05) is 57.4 Å². The van der Waals surface area contributed by atoms with Gasteiger partial charge in [-0.2, -0.15) is 0 Å². The average molecular weight is 838 g/mol. The van der Waals surface area contributed by atoms with Crippen LogP contribution in [0.2, 0.25) is 0 Å². The molecule has 3 heteroatoms. The molecule has 0 amide bonds. The predicted octanol–water partition coefficient (Wildman–Crippen LogP) is 18.2. The molecule has 0 spiro atoms. The highest BCUT2D eigenvalue weighted by atomic mass is 32.1. The smallest absolute Gasteiger partial charge is 0.0474 e. The summed E-state index contributed by atoms with van der Waals surface area (Å²) in [4.78, 5) is 2.43. The van der Waals surface area contributed by atoms with Crippen molar-refractivity contribution in [3.63, 3.8) is 0 Å². The molecule has 10 aromatic carbocycles. The Morgan fingerprint density at radius 3 is 1.06 bits per heavy atom. The number of fused-ring (bicyclic) bond motifs is 6. The van der Waals surface area contributed by atoms with E-state index in [1.165, 1.54) is 96.0 Å². The molecule has 63 heavy (non-hydrogen) atoms. The van der Waals surface area contributed by atoms with Gasteiger partial charge >= 0.3 is 0 Å². The number of anilines is 3. The molecule has 0 N–H and O–H groups in total. The molecule has 0 unspecified atom stereocenters. The molecule has 296 valence electrons. The third-order valence-electron chi connectivity index (χ3n) is 12.3. The fraction of sp³-hybridized carbons (Fsp3) is 0. The molecule has 0 aliphatic heterocycles. The predicted molar refractivity (Wildman–Crippen MR) is 274 cm³/mol. The van der Waals surface area contributed by atoms with Gasteiger partial charge in [-0.25, -0.2) is 0 Å². The van der Waals surface area contributed by atoms with E-state index < -0.39 is 0 Å². The van der Waals surface area contributed by atoms with Gasteiger partial charge < -0.3 is 4.90 Å². The summed E-state index contributed by atoms with van der Waals surface area (Å²) in [5.74, 6) is 0. The van der Waals surface area contributed by atoms with Crippen molar-refractivity contribution in [3.05, 3.63) is 237 Å². The Morgan fingerprint density at radius 1 is 0.254 bits per heavy atom. The lowest BCUT2D eigenvalue weighted by molar-refractivity contribution is 1.28. The van der Waals surface area contributed by atoms with E-state index in [-0.39, 0.29) is 0 Å². The number of thiophene rings is 2. The molecule has 0 radical (unpaired) electrons. The van der Waals surface area contributed by atoms with Crippen LogP contribution in [0.4, 0.5) is 17.1 Å². The molecule has 0 fully saturated rings. The van der Waals surface area contributed by atoms with E-state index in [9.17, 15) is 0 Å². The van der Waals surface area contributed by atoms with Crippen molar-refractivity contribution >= 4 is 80.1 Å². The quantitative estimate of drug-likeness (QED) is 0.147. The minimum atomic E-state index is 1.09. The first-order valence-corrected chi connectivity index (χ1v) is 23.0. The molecular formula is C60H39NS2. The second-order valence-electron chi connectivity index (χ2n) is 16.0. The zero-order valence-corrected chi connectivity index (χ0v) is 35.9. The summed E-state index contributed by atoms with van der Waals surface area (Å²) in [6.07, 6.45) is 0. The van der Waals surface area contributed by atoms with Crippen LogP contribution in [0.25, 0.3) is 96.0 Å². The highest BCUT2D eigenvalue weighted by Gasteiger charge is 2.22. The highest BCUT2D eigenvalue weighted by molar-refractivity contribution is 7.26. The Bertz CT molecular complexity index is 3370. The van der Waals surface area contributed by atoms with Gasteiger partial charge in [0.05, 0.1) is 0 Å². The Morgan fingerprint density at radius 2 is 0.619 bits per heavy atom. The molecule has 0 bridgehead atoms. The van der Waals surface area contributed by atoms with Crippen molar-refractivity contribution in [2.75, 3.05) is 4.90 Å². The van der Waals surface area contributed by atoms with Gasteiger partial charge in [-0.1, -0.05) is 188 Å². The van der Waals surface area contributed by atoms with Gasteiger partial charge in [0.2, 0.25) is 0 Å². The second kappa shape index (κ2) is 15.7. The van der Waals surface area contributed by atoms with Crippen molar-refractivity contribution in [1.29, 1.82) is 0 Å². The first-order chi connectivity index (χ1) is 31.2.